The SMILES string of the molecule is CC1CCN(C(=O)c2ccc(Cl)cc2O)CC1Br. The maximum Gasteiger partial charge on any atom is 0.257 e. The predicted molar refractivity (Wildman–Crippen MR) is 75.5 cm³/mol. The number of phenolic OH excluding ortho intramolecular Hbond substituents is 1. The number of alkyl halides is 1. The van der Waals surface area contributed by atoms with E-state index in [1.807, 2.05) is 0 Å². The molecule has 0 saturated carbocycles. The van der Waals surface area contributed by atoms with Crippen LogP contribution >= 0.6 is 27.5 Å². The Labute approximate surface area is 120 Å². The van der Waals surface area contributed by atoms with Crippen LogP contribution in [0.2, 0.25) is 5.02 Å². The summed E-state index contributed by atoms with van der Waals surface area (Å²) in [5, 5.41) is 10.2. The van der Waals surface area contributed by atoms with Gasteiger partial charge in [-0.25, -0.2) is 0 Å². The number of hydrogen-bond acceptors (Lipinski definition) is 2. The van der Waals surface area contributed by atoms with Crippen molar-refractivity contribution in [1.29, 1.82) is 0 Å². The van der Waals surface area contributed by atoms with Gasteiger partial charge < -0.3 is 10.0 Å². The van der Waals surface area contributed by atoms with Gasteiger partial charge in [0.15, 0.2) is 0 Å². The van der Waals surface area contributed by atoms with Crippen LogP contribution in [0.15, 0.2) is 18.2 Å². The van der Waals surface area contributed by atoms with Gasteiger partial charge in [0, 0.05) is 22.9 Å². The Morgan fingerprint density at radius 3 is 2.89 bits per heavy atom. The molecular weight excluding hydrogens is 318 g/mol. The van der Waals surface area contributed by atoms with Gasteiger partial charge >= 0.3 is 0 Å². The molecule has 0 radical (unpaired) electrons. The van der Waals surface area contributed by atoms with E-state index >= 15 is 0 Å². The van der Waals surface area contributed by atoms with Crippen molar-refractivity contribution in [1.82, 2.24) is 4.90 Å². The lowest BCUT2D eigenvalue weighted by atomic mass is 9.98. The highest BCUT2D eigenvalue weighted by Crippen LogP contribution is 2.27. The Hall–Kier alpha value is -0.740. The number of halogens is 2. The van der Waals surface area contributed by atoms with E-state index in [0.717, 1.165) is 13.0 Å². The zero-order valence-electron chi connectivity index (χ0n) is 10.1. The van der Waals surface area contributed by atoms with Gasteiger partial charge in [0.25, 0.3) is 5.91 Å². The molecule has 0 aromatic heterocycles. The molecular formula is C13H15BrClNO2. The number of rotatable bonds is 1. The van der Waals surface area contributed by atoms with E-state index in [1.165, 1.54) is 6.07 Å². The van der Waals surface area contributed by atoms with Crippen LogP contribution in [0.25, 0.3) is 0 Å². The number of amides is 1. The average molecular weight is 333 g/mol. The molecule has 1 amide bonds. The van der Waals surface area contributed by atoms with Crippen LogP contribution in [-0.4, -0.2) is 33.8 Å². The summed E-state index contributed by atoms with van der Waals surface area (Å²) in [5.41, 5.74) is 0.314. The Morgan fingerprint density at radius 2 is 2.28 bits per heavy atom. The highest BCUT2D eigenvalue weighted by Gasteiger charge is 2.28. The molecule has 1 fully saturated rings. The Morgan fingerprint density at radius 1 is 1.56 bits per heavy atom. The molecule has 2 atom stereocenters. The molecule has 1 aliphatic rings. The smallest absolute Gasteiger partial charge is 0.257 e. The van der Waals surface area contributed by atoms with Crippen LogP contribution in [0.1, 0.15) is 23.7 Å². The lowest BCUT2D eigenvalue weighted by Gasteiger charge is -2.34. The second kappa shape index (κ2) is 5.49. The molecule has 3 nitrogen and oxygen atoms in total. The molecule has 18 heavy (non-hydrogen) atoms. The van der Waals surface area contributed by atoms with Crippen molar-refractivity contribution in [3.8, 4) is 5.75 Å². The van der Waals surface area contributed by atoms with Crippen LogP contribution in [0, 0.1) is 5.92 Å². The van der Waals surface area contributed by atoms with Gasteiger partial charge in [-0.2, -0.15) is 0 Å². The summed E-state index contributed by atoms with van der Waals surface area (Å²) in [7, 11) is 0. The number of likely N-dealkylation sites (tertiary alicyclic amines) is 1. The fourth-order valence-electron chi connectivity index (χ4n) is 2.06. The number of aromatic hydroxyl groups is 1. The van der Waals surface area contributed by atoms with Crippen LogP contribution in [0.3, 0.4) is 0 Å². The fourth-order valence-corrected chi connectivity index (χ4v) is 2.84. The highest BCUT2D eigenvalue weighted by molar-refractivity contribution is 9.09. The highest BCUT2D eigenvalue weighted by atomic mass is 79.9. The molecule has 0 spiro atoms. The molecule has 1 aromatic carbocycles. The summed E-state index contributed by atoms with van der Waals surface area (Å²) < 4.78 is 0. The molecule has 1 N–H and O–H groups in total. The normalized spacial score (nSPS) is 24.1. The summed E-state index contributed by atoms with van der Waals surface area (Å²) in [4.78, 5) is 14.4. The Bertz CT molecular complexity index is 466. The van der Waals surface area contributed by atoms with E-state index in [-0.39, 0.29) is 11.7 Å². The van der Waals surface area contributed by atoms with Crippen molar-refractivity contribution in [3.63, 3.8) is 0 Å². The standard InChI is InChI=1S/C13H15BrClNO2/c1-8-4-5-16(7-11(8)14)13(18)10-3-2-9(15)6-12(10)17/h2-3,6,8,11,17H,4-5,7H2,1H3. The molecule has 1 saturated heterocycles. The third kappa shape index (κ3) is 2.81. The Balaban J connectivity index is 2.16. The van der Waals surface area contributed by atoms with Crippen molar-refractivity contribution >= 4 is 33.4 Å². The summed E-state index contributed by atoms with van der Waals surface area (Å²) in [6.07, 6.45) is 0.968. The Kier molecular flexibility index (Phi) is 4.17. The number of benzene rings is 1. The molecule has 1 aliphatic heterocycles. The first-order valence-corrected chi connectivity index (χ1v) is 7.20. The third-order valence-corrected chi connectivity index (χ3v) is 4.77. The molecule has 0 aliphatic carbocycles. The maximum atomic E-state index is 12.3. The molecule has 5 heteroatoms. The van der Waals surface area contributed by atoms with Gasteiger partial charge in [-0.3, -0.25) is 4.79 Å². The second-order valence-electron chi connectivity index (χ2n) is 4.69. The van der Waals surface area contributed by atoms with Crippen molar-refractivity contribution in [3.05, 3.63) is 28.8 Å². The average Bonchev–Trinajstić information content (AvgIpc) is 2.32. The van der Waals surface area contributed by atoms with E-state index in [4.69, 9.17) is 11.6 Å². The van der Waals surface area contributed by atoms with E-state index in [9.17, 15) is 9.90 Å². The van der Waals surface area contributed by atoms with E-state index < -0.39 is 0 Å². The van der Waals surface area contributed by atoms with E-state index in [0.29, 0.717) is 27.9 Å². The summed E-state index contributed by atoms with van der Waals surface area (Å²) in [5.74, 6) is 0.366. The summed E-state index contributed by atoms with van der Waals surface area (Å²) >= 11 is 9.34. The minimum Gasteiger partial charge on any atom is -0.507 e. The van der Waals surface area contributed by atoms with Crippen molar-refractivity contribution < 1.29 is 9.90 Å². The lowest BCUT2D eigenvalue weighted by molar-refractivity contribution is 0.0703. The largest absolute Gasteiger partial charge is 0.507 e. The number of nitrogens with zero attached hydrogens (tertiary/aromatic N) is 1. The zero-order chi connectivity index (χ0) is 13.3. The number of phenols is 1. The van der Waals surface area contributed by atoms with Crippen molar-refractivity contribution in [2.75, 3.05) is 13.1 Å². The predicted octanol–water partition coefficient (Wildman–Crippen LogP) is 3.29. The van der Waals surface area contributed by atoms with Gasteiger partial charge in [-0.15, -0.1) is 0 Å². The molecule has 2 unspecified atom stereocenters. The molecule has 98 valence electrons. The zero-order valence-corrected chi connectivity index (χ0v) is 12.4. The monoisotopic (exact) mass is 331 g/mol. The van der Waals surface area contributed by atoms with Crippen molar-refractivity contribution in [2.24, 2.45) is 5.92 Å². The van der Waals surface area contributed by atoms with Gasteiger partial charge in [0.1, 0.15) is 5.75 Å². The quantitative estimate of drug-likeness (QED) is 0.802. The number of piperidine rings is 1. The number of carbonyl (C=O) groups excluding carboxylic acids is 1. The molecule has 2 rings (SSSR count). The van der Waals surface area contributed by atoms with Gasteiger partial charge in [-0.1, -0.05) is 34.5 Å². The van der Waals surface area contributed by atoms with Gasteiger partial charge in [0.05, 0.1) is 5.56 Å². The second-order valence-corrected chi connectivity index (χ2v) is 6.31. The third-order valence-electron chi connectivity index (χ3n) is 3.34. The minimum atomic E-state index is -0.138. The first-order chi connectivity index (χ1) is 8.49. The summed E-state index contributed by atoms with van der Waals surface area (Å²) in [6.45, 7) is 3.56. The fraction of sp³-hybridized carbons (Fsp3) is 0.462. The van der Waals surface area contributed by atoms with E-state index in [2.05, 4.69) is 22.9 Å². The first-order valence-electron chi connectivity index (χ1n) is 5.91. The lowest BCUT2D eigenvalue weighted by Crippen LogP contribution is -2.43. The van der Waals surface area contributed by atoms with Gasteiger partial charge in [0.2, 0.25) is 0 Å². The van der Waals surface area contributed by atoms with Crippen LogP contribution in [-0.2, 0) is 0 Å². The minimum absolute atomic E-state index is 0.0581. The number of carbonyl (C=O) groups is 1. The van der Waals surface area contributed by atoms with Crippen LogP contribution < -0.4 is 0 Å². The topological polar surface area (TPSA) is 40.5 Å². The summed E-state index contributed by atoms with van der Waals surface area (Å²) in [6, 6.07) is 4.58. The maximum absolute atomic E-state index is 12.3. The van der Waals surface area contributed by atoms with Crippen LogP contribution in [0.5, 0.6) is 5.75 Å². The number of hydrogen-bond donors (Lipinski definition) is 1. The van der Waals surface area contributed by atoms with Crippen LogP contribution in [0.4, 0.5) is 0 Å². The molecule has 1 aromatic rings. The molecule has 0 bridgehead atoms. The first kappa shape index (κ1) is 13.7. The van der Waals surface area contributed by atoms with Gasteiger partial charge in [-0.05, 0) is 30.5 Å². The molecule has 1 heterocycles. The van der Waals surface area contributed by atoms with Crippen molar-refractivity contribution in [2.45, 2.75) is 18.2 Å². The van der Waals surface area contributed by atoms with E-state index in [1.54, 1.807) is 17.0 Å².